The molecule has 1 atom stereocenters. The summed E-state index contributed by atoms with van der Waals surface area (Å²) in [6.45, 7) is 1.77. The van der Waals surface area contributed by atoms with Crippen LogP contribution in [0.5, 0.6) is 0 Å². The standard InChI is InChI=1S/C11H11BrFNO3S/c1-7-2-3-8(4-10(7)12)14-6-9(5-11(14)15)18(13,16)17/h2-4,9H,5-6H2,1H3. The first-order chi connectivity index (χ1) is 8.29. The molecule has 7 heteroatoms. The zero-order valence-corrected chi connectivity index (χ0v) is 12.0. The lowest BCUT2D eigenvalue weighted by Crippen LogP contribution is -2.26. The van der Waals surface area contributed by atoms with Crippen molar-refractivity contribution in [2.24, 2.45) is 0 Å². The van der Waals surface area contributed by atoms with Crippen LogP contribution < -0.4 is 4.90 Å². The number of rotatable bonds is 2. The van der Waals surface area contributed by atoms with Gasteiger partial charge in [0.2, 0.25) is 5.91 Å². The highest BCUT2D eigenvalue weighted by Gasteiger charge is 2.39. The summed E-state index contributed by atoms with van der Waals surface area (Å²) in [6.07, 6.45) is -0.301. The van der Waals surface area contributed by atoms with E-state index in [-0.39, 0.29) is 18.9 Å². The van der Waals surface area contributed by atoms with Gasteiger partial charge in [0.1, 0.15) is 5.25 Å². The molecule has 1 aliphatic rings. The van der Waals surface area contributed by atoms with E-state index in [9.17, 15) is 17.1 Å². The Hall–Kier alpha value is -0.950. The zero-order valence-electron chi connectivity index (χ0n) is 9.56. The summed E-state index contributed by atoms with van der Waals surface area (Å²) in [6, 6.07) is 5.25. The van der Waals surface area contributed by atoms with E-state index in [1.807, 2.05) is 13.0 Å². The van der Waals surface area contributed by atoms with Crippen LogP contribution in [-0.2, 0) is 15.0 Å². The highest BCUT2D eigenvalue weighted by atomic mass is 79.9. The number of amides is 1. The van der Waals surface area contributed by atoms with Crippen LogP contribution in [-0.4, -0.2) is 26.1 Å². The van der Waals surface area contributed by atoms with Crippen molar-refractivity contribution >= 4 is 37.7 Å². The Morgan fingerprint density at radius 1 is 1.44 bits per heavy atom. The second-order valence-electron chi connectivity index (χ2n) is 4.24. The first-order valence-electron chi connectivity index (χ1n) is 5.29. The van der Waals surface area contributed by atoms with E-state index in [1.54, 1.807) is 12.1 Å². The minimum Gasteiger partial charge on any atom is -0.311 e. The summed E-state index contributed by atoms with van der Waals surface area (Å²) in [7, 11) is -4.67. The fourth-order valence-corrected chi connectivity index (χ4v) is 2.90. The van der Waals surface area contributed by atoms with E-state index in [1.165, 1.54) is 4.90 Å². The topological polar surface area (TPSA) is 54.5 Å². The lowest BCUT2D eigenvalue weighted by Gasteiger charge is -2.16. The molecule has 0 radical (unpaired) electrons. The van der Waals surface area contributed by atoms with Gasteiger partial charge in [-0.25, -0.2) is 0 Å². The van der Waals surface area contributed by atoms with E-state index < -0.39 is 15.5 Å². The van der Waals surface area contributed by atoms with Gasteiger partial charge in [-0.15, -0.1) is 3.89 Å². The Morgan fingerprint density at radius 2 is 2.11 bits per heavy atom. The molecule has 1 aromatic carbocycles. The van der Waals surface area contributed by atoms with Gasteiger partial charge in [-0.05, 0) is 24.6 Å². The van der Waals surface area contributed by atoms with E-state index in [4.69, 9.17) is 0 Å². The molecule has 0 bridgehead atoms. The van der Waals surface area contributed by atoms with Crippen molar-refractivity contribution < 1.29 is 17.1 Å². The second-order valence-corrected chi connectivity index (χ2v) is 6.71. The molecule has 1 unspecified atom stereocenters. The Kier molecular flexibility index (Phi) is 3.46. The van der Waals surface area contributed by atoms with Gasteiger partial charge in [-0.2, -0.15) is 8.42 Å². The number of aryl methyl sites for hydroxylation is 1. The molecule has 1 saturated heterocycles. The summed E-state index contributed by atoms with van der Waals surface area (Å²) in [5.74, 6) is -0.378. The smallest absolute Gasteiger partial charge is 0.307 e. The fourth-order valence-electron chi connectivity index (χ4n) is 1.86. The van der Waals surface area contributed by atoms with E-state index in [0.29, 0.717) is 5.69 Å². The van der Waals surface area contributed by atoms with E-state index in [2.05, 4.69) is 15.9 Å². The number of carbonyl (C=O) groups excluding carboxylic acids is 1. The third-order valence-corrected chi connectivity index (χ3v) is 4.92. The van der Waals surface area contributed by atoms with Gasteiger partial charge in [0.05, 0.1) is 0 Å². The first kappa shape index (κ1) is 13.5. The van der Waals surface area contributed by atoms with Crippen LogP contribution >= 0.6 is 15.9 Å². The molecule has 2 rings (SSSR count). The van der Waals surface area contributed by atoms with Gasteiger partial charge < -0.3 is 4.90 Å². The average Bonchev–Trinajstić information content (AvgIpc) is 2.64. The predicted molar refractivity (Wildman–Crippen MR) is 69.7 cm³/mol. The van der Waals surface area contributed by atoms with Crippen LogP contribution in [0.4, 0.5) is 9.57 Å². The highest BCUT2D eigenvalue weighted by Crippen LogP contribution is 2.29. The molecule has 98 valence electrons. The molecule has 1 fully saturated rings. The molecule has 1 amide bonds. The minimum atomic E-state index is -4.67. The van der Waals surface area contributed by atoms with Gasteiger partial charge in [-0.1, -0.05) is 22.0 Å². The molecule has 1 heterocycles. The van der Waals surface area contributed by atoms with Crippen molar-refractivity contribution in [1.82, 2.24) is 0 Å². The molecule has 0 spiro atoms. The van der Waals surface area contributed by atoms with Gasteiger partial charge in [-0.3, -0.25) is 4.79 Å². The summed E-state index contributed by atoms with van der Waals surface area (Å²) in [5.41, 5.74) is 1.57. The van der Waals surface area contributed by atoms with Crippen LogP contribution in [0.2, 0.25) is 0 Å². The fraction of sp³-hybridized carbons (Fsp3) is 0.364. The largest absolute Gasteiger partial charge is 0.311 e. The van der Waals surface area contributed by atoms with Crippen molar-refractivity contribution in [3.8, 4) is 0 Å². The van der Waals surface area contributed by atoms with Crippen molar-refractivity contribution in [1.29, 1.82) is 0 Å². The van der Waals surface area contributed by atoms with Gasteiger partial charge in [0, 0.05) is 23.1 Å². The lowest BCUT2D eigenvalue weighted by molar-refractivity contribution is -0.117. The molecule has 1 aromatic rings. The first-order valence-corrected chi connectivity index (χ1v) is 7.53. The molecule has 0 aliphatic carbocycles. The third kappa shape index (κ3) is 2.56. The van der Waals surface area contributed by atoms with Crippen molar-refractivity contribution in [3.05, 3.63) is 28.2 Å². The molecule has 0 N–H and O–H groups in total. The number of hydrogen-bond acceptors (Lipinski definition) is 3. The van der Waals surface area contributed by atoms with Crippen LogP contribution in [0.1, 0.15) is 12.0 Å². The van der Waals surface area contributed by atoms with E-state index >= 15 is 0 Å². The van der Waals surface area contributed by atoms with E-state index in [0.717, 1.165) is 10.0 Å². The van der Waals surface area contributed by atoms with Crippen molar-refractivity contribution in [2.75, 3.05) is 11.4 Å². The molecule has 0 saturated carbocycles. The third-order valence-electron chi connectivity index (χ3n) is 2.95. The van der Waals surface area contributed by atoms with Crippen molar-refractivity contribution in [2.45, 2.75) is 18.6 Å². The SMILES string of the molecule is Cc1ccc(N2CC(S(=O)(=O)F)CC2=O)cc1Br. The van der Waals surface area contributed by atoms with Crippen LogP contribution in [0, 0.1) is 6.92 Å². The zero-order chi connectivity index (χ0) is 13.5. The predicted octanol–water partition coefficient (Wildman–Crippen LogP) is 2.16. The lowest BCUT2D eigenvalue weighted by atomic mass is 10.2. The molecule has 4 nitrogen and oxygen atoms in total. The molecular formula is C11H11BrFNO3S. The minimum absolute atomic E-state index is 0.132. The Morgan fingerprint density at radius 3 is 2.61 bits per heavy atom. The monoisotopic (exact) mass is 335 g/mol. The molecule has 18 heavy (non-hydrogen) atoms. The van der Waals surface area contributed by atoms with Crippen molar-refractivity contribution in [3.63, 3.8) is 0 Å². The summed E-state index contributed by atoms with van der Waals surface area (Å²) in [5, 5.41) is -1.26. The van der Waals surface area contributed by atoms with Gasteiger partial charge in [0.25, 0.3) is 0 Å². The number of halogens is 2. The van der Waals surface area contributed by atoms with Crippen LogP contribution in [0.3, 0.4) is 0 Å². The maximum absolute atomic E-state index is 12.9. The maximum Gasteiger partial charge on any atom is 0.307 e. The van der Waals surface area contributed by atoms with Gasteiger partial charge >= 0.3 is 10.2 Å². The summed E-state index contributed by atoms with van der Waals surface area (Å²) in [4.78, 5) is 13.0. The number of carbonyl (C=O) groups is 1. The number of benzene rings is 1. The summed E-state index contributed by atoms with van der Waals surface area (Å²) >= 11 is 3.34. The Bertz CT molecular complexity index is 602. The van der Waals surface area contributed by atoms with Gasteiger partial charge in [0.15, 0.2) is 0 Å². The molecule has 1 aliphatic heterocycles. The number of anilines is 1. The molecular weight excluding hydrogens is 325 g/mol. The number of hydrogen-bond donors (Lipinski definition) is 0. The number of nitrogens with zero attached hydrogens (tertiary/aromatic N) is 1. The molecule has 0 aromatic heterocycles. The van der Waals surface area contributed by atoms with Crippen LogP contribution in [0.25, 0.3) is 0 Å². The van der Waals surface area contributed by atoms with Crippen LogP contribution in [0.15, 0.2) is 22.7 Å². The second kappa shape index (κ2) is 4.62. The Labute approximate surface area is 113 Å². The quantitative estimate of drug-likeness (QED) is 0.778. The maximum atomic E-state index is 12.9. The average molecular weight is 336 g/mol. The summed E-state index contributed by atoms with van der Waals surface area (Å²) < 4.78 is 35.3. The normalized spacial score (nSPS) is 20.5. The Balaban J connectivity index is 2.30. The highest BCUT2D eigenvalue weighted by molar-refractivity contribution is 9.10.